The second-order valence-corrected chi connectivity index (χ2v) is 3.63. The lowest BCUT2D eigenvalue weighted by molar-refractivity contribution is 0.384. The summed E-state index contributed by atoms with van der Waals surface area (Å²) in [6.45, 7) is 0. The fourth-order valence-corrected chi connectivity index (χ4v) is 1.95. The number of ether oxygens (including phenoxy) is 1. The molecule has 1 aliphatic rings. The molecule has 2 rings (SSSR count). The van der Waals surface area contributed by atoms with Gasteiger partial charge in [0.15, 0.2) is 5.90 Å². The molecule has 0 spiro atoms. The van der Waals surface area contributed by atoms with Gasteiger partial charge in [-0.2, -0.15) is 0 Å². The molecular weight excluding hydrogens is 174 g/mol. The van der Waals surface area contributed by atoms with E-state index >= 15 is 0 Å². The molecule has 0 unspecified atom stereocenters. The molecule has 0 N–H and O–H groups in total. The molecule has 0 radical (unpaired) electrons. The minimum atomic E-state index is 0.507. The minimum Gasteiger partial charge on any atom is -0.484 e. The van der Waals surface area contributed by atoms with Crippen molar-refractivity contribution in [2.24, 2.45) is 10.9 Å². The Balaban J connectivity index is 2.06. The summed E-state index contributed by atoms with van der Waals surface area (Å²) >= 11 is 0. The number of rotatable bonds is 2. The Morgan fingerprint density at radius 2 is 2.07 bits per heavy atom. The highest BCUT2D eigenvalue weighted by atomic mass is 16.5. The highest BCUT2D eigenvalue weighted by molar-refractivity contribution is 5.82. The number of benzene rings is 1. The van der Waals surface area contributed by atoms with E-state index in [0.717, 1.165) is 5.90 Å². The SMILES string of the molecule is CN=C(OC)[C@@H]1C[C@@H]1c1ccccc1. The molecule has 0 heterocycles. The van der Waals surface area contributed by atoms with Crippen molar-refractivity contribution in [2.45, 2.75) is 12.3 Å². The maximum atomic E-state index is 5.23. The van der Waals surface area contributed by atoms with Crippen LogP contribution in [0.1, 0.15) is 17.9 Å². The smallest absolute Gasteiger partial charge is 0.186 e. The molecule has 74 valence electrons. The average Bonchev–Trinajstić information content (AvgIpc) is 3.01. The Hall–Kier alpha value is -1.31. The molecule has 2 nitrogen and oxygen atoms in total. The molecule has 1 saturated carbocycles. The van der Waals surface area contributed by atoms with E-state index in [4.69, 9.17) is 4.74 Å². The topological polar surface area (TPSA) is 21.6 Å². The quantitative estimate of drug-likeness (QED) is 0.517. The van der Waals surface area contributed by atoms with Crippen molar-refractivity contribution in [3.05, 3.63) is 35.9 Å². The zero-order chi connectivity index (χ0) is 9.97. The van der Waals surface area contributed by atoms with Gasteiger partial charge >= 0.3 is 0 Å². The van der Waals surface area contributed by atoms with Crippen LogP contribution in [0.3, 0.4) is 0 Å². The third kappa shape index (κ3) is 1.65. The molecular formula is C12H15NO. The Morgan fingerprint density at radius 3 is 2.64 bits per heavy atom. The summed E-state index contributed by atoms with van der Waals surface area (Å²) in [6.07, 6.45) is 1.17. The summed E-state index contributed by atoms with van der Waals surface area (Å²) in [5, 5.41) is 0. The Bertz CT molecular complexity index is 331. The fourth-order valence-electron chi connectivity index (χ4n) is 1.95. The third-order valence-corrected chi connectivity index (χ3v) is 2.76. The molecule has 0 aromatic heterocycles. The van der Waals surface area contributed by atoms with Crippen LogP contribution in [0.5, 0.6) is 0 Å². The van der Waals surface area contributed by atoms with E-state index in [-0.39, 0.29) is 0 Å². The molecule has 0 aliphatic heterocycles. The molecule has 0 saturated heterocycles. The number of aliphatic imine (C=N–C) groups is 1. The van der Waals surface area contributed by atoms with Gasteiger partial charge in [-0.15, -0.1) is 0 Å². The van der Waals surface area contributed by atoms with Gasteiger partial charge in [-0.1, -0.05) is 30.3 Å². The van der Waals surface area contributed by atoms with Crippen LogP contribution in [-0.4, -0.2) is 20.1 Å². The van der Waals surface area contributed by atoms with Gasteiger partial charge < -0.3 is 4.74 Å². The second-order valence-electron chi connectivity index (χ2n) is 3.63. The normalized spacial score (nSPS) is 26.0. The van der Waals surface area contributed by atoms with Crippen LogP contribution >= 0.6 is 0 Å². The van der Waals surface area contributed by atoms with Crippen LogP contribution in [0.15, 0.2) is 35.3 Å². The van der Waals surface area contributed by atoms with E-state index in [1.807, 2.05) is 6.07 Å². The maximum absolute atomic E-state index is 5.23. The lowest BCUT2D eigenvalue weighted by atomic mass is 10.1. The van der Waals surface area contributed by atoms with Gasteiger partial charge in [-0.25, -0.2) is 0 Å². The zero-order valence-electron chi connectivity index (χ0n) is 8.60. The summed E-state index contributed by atoms with van der Waals surface area (Å²) in [7, 11) is 3.49. The lowest BCUT2D eigenvalue weighted by Gasteiger charge is -2.02. The van der Waals surface area contributed by atoms with Gasteiger partial charge in [0, 0.05) is 13.0 Å². The predicted molar refractivity (Wildman–Crippen MR) is 57.7 cm³/mol. The van der Waals surface area contributed by atoms with Gasteiger partial charge in [0.05, 0.1) is 7.11 Å². The second kappa shape index (κ2) is 3.82. The van der Waals surface area contributed by atoms with Crippen LogP contribution in [0.25, 0.3) is 0 Å². The van der Waals surface area contributed by atoms with Gasteiger partial charge in [0.2, 0.25) is 0 Å². The first-order valence-corrected chi connectivity index (χ1v) is 4.92. The maximum Gasteiger partial charge on any atom is 0.186 e. The molecule has 2 atom stereocenters. The van der Waals surface area contributed by atoms with E-state index in [2.05, 4.69) is 29.3 Å². The molecule has 1 fully saturated rings. The molecule has 1 aromatic rings. The monoisotopic (exact) mass is 189 g/mol. The number of hydrogen-bond acceptors (Lipinski definition) is 2. The number of hydrogen-bond donors (Lipinski definition) is 0. The van der Waals surface area contributed by atoms with E-state index in [1.54, 1.807) is 14.2 Å². The van der Waals surface area contributed by atoms with Gasteiger partial charge in [-0.05, 0) is 17.9 Å². The summed E-state index contributed by atoms with van der Waals surface area (Å²) in [5.41, 5.74) is 1.40. The Labute approximate surface area is 84.6 Å². The highest BCUT2D eigenvalue weighted by Gasteiger charge is 2.42. The van der Waals surface area contributed by atoms with Crippen molar-refractivity contribution in [3.8, 4) is 0 Å². The molecule has 1 aliphatic carbocycles. The predicted octanol–water partition coefficient (Wildman–Crippen LogP) is 2.46. The summed E-state index contributed by atoms with van der Waals surface area (Å²) < 4.78 is 5.23. The lowest BCUT2D eigenvalue weighted by Crippen LogP contribution is -2.04. The van der Waals surface area contributed by atoms with Crippen LogP contribution in [0.2, 0.25) is 0 Å². The minimum absolute atomic E-state index is 0.507. The van der Waals surface area contributed by atoms with Crippen molar-refractivity contribution in [2.75, 3.05) is 14.2 Å². The van der Waals surface area contributed by atoms with Crippen molar-refractivity contribution in [3.63, 3.8) is 0 Å². The fraction of sp³-hybridized carbons (Fsp3) is 0.417. The van der Waals surface area contributed by atoms with E-state index < -0.39 is 0 Å². The van der Waals surface area contributed by atoms with Gasteiger partial charge in [-0.3, -0.25) is 4.99 Å². The van der Waals surface area contributed by atoms with Crippen LogP contribution in [0.4, 0.5) is 0 Å². The van der Waals surface area contributed by atoms with Crippen LogP contribution in [-0.2, 0) is 4.74 Å². The Morgan fingerprint density at radius 1 is 1.36 bits per heavy atom. The first kappa shape index (κ1) is 9.25. The van der Waals surface area contributed by atoms with Crippen molar-refractivity contribution in [1.29, 1.82) is 0 Å². The van der Waals surface area contributed by atoms with E-state index in [1.165, 1.54) is 12.0 Å². The van der Waals surface area contributed by atoms with Crippen molar-refractivity contribution in [1.82, 2.24) is 0 Å². The van der Waals surface area contributed by atoms with E-state index in [9.17, 15) is 0 Å². The van der Waals surface area contributed by atoms with Gasteiger partial charge in [0.1, 0.15) is 0 Å². The molecule has 2 heteroatoms. The van der Waals surface area contributed by atoms with Crippen LogP contribution < -0.4 is 0 Å². The van der Waals surface area contributed by atoms with Crippen molar-refractivity contribution < 1.29 is 4.74 Å². The number of nitrogens with zero attached hydrogens (tertiary/aromatic N) is 1. The standard InChI is InChI=1S/C12H15NO/c1-13-12(14-2)11-8-10(11)9-6-4-3-5-7-9/h3-7,10-11H,8H2,1-2H3/t10-,11-/m1/s1. The third-order valence-electron chi connectivity index (χ3n) is 2.76. The molecule has 0 amide bonds. The largest absolute Gasteiger partial charge is 0.484 e. The molecule has 1 aromatic carbocycles. The Kier molecular flexibility index (Phi) is 2.53. The highest BCUT2D eigenvalue weighted by Crippen LogP contribution is 2.48. The van der Waals surface area contributed by atoms with Crippen LogP contribution in [0, 0.1) is 5.92 Å². The summed E-state index contributed by atoms with van der Waals surface area (Å²) in [6, 6.07) is 10.6. The first-order valence-electron chi connectivity index (χ1n) is 4.92. The average molecular weight is 189 g/mol. The summed E-state index contributed by atoms with van der Waals surface area (Å²) in [5.74, 6) is 2.01. The molecule has 14 heavy (non-hydrogen) atoms. The number of methoxy groups -OCH3 is 1. The first-order chi connectivity index (χ1) is 6.86. The van der Waals surface area contributed by atoms with Gasteiger partial charge in [0.25, 0.3) is 0 Å². The molecule has 0 bridgehead atoms. The summed E-state index contributed by atoms with van der Waals surface area (Å²) in [4.78, 5) is 4.14. The zero-order valence-corrected chi connectivity index (χ0v) is 8.60. The van der Waals surface area contributed by atoms with E-state index in [0.29, 0.717) is 11.8 Å². The van der Waals surface area contributed by atoms with Crippen molar-refractivity contribution >= 4 is 5.90 Å².